The van der Waals surface area contributed by atoms with Crippen LogP contribution in [0, 0.1) is 6.92 Å². The number of anilines is 1. The topological polar surface area (TPSA) is 32.8 Å². The third-order valence-electron chi connectivity index (χ3n) is 4.87. The fourth-order valence-electron chi connectivity index (χ4n) is 3.49. The second kappa shape index (κ2) is 6.19. The highest BCUT2D eigenvalue weighted by atomic mass is 16.5. The molecule has 2 aliphatic heterocycles. The minimum absolute atomic E-state index is 0.133. The smallest absolute Gasteiger partial charge is 0.253 e. The van der Waals surface area contributed by atoms with Crippen LogP contribution in [0.3, 0.4) is 0 Å². The first kappa shape index (κ1) is 15.1. The molecule has 1 amide bonds. The van der Waals surface area contributed by atoms with Crippen molar-refractivity contribution in [3.05, 3.63) is 59.2 Å². The molecular weight excluding hydrogens is 300 g/mol. The summed E-state index contributed by atoms with van der Waals surface area (Å²) >= 11 is 0. The molecule has 2 aromatic rings. The molecule has 4 heteroatoms. The first-order chi connectivity index (χ1) is 11.7. The Morgan fingerprint density at radius 3 is 2.67 bits per heavy atom. The van der Waals surface area contributed by atoms with Gasteiger partial charge < -0.3 is 14.5 Å². The van der Waals surface area contributed by atoms with E-state index in [0.717, 1.165) is 56.1 Å². The van der Waals surface area contributed by atoms with E-state index in [1.165, 1.54) is 11.3 Å². The summed E-state index contributed by atoms with van der Waals surface area (Å²) in [6.45, 7) is 6.12. The molecule has 124 valence electrons. The molecule has 0 N–H and O–H groups in total. The predicted molar refractivity (Wildman–Crippen MR) is 94.9 cm³/mol. The summed E-state index contributed by atoms with van der Waals surface area (Å²) in [5.74, 6) is 1.06. The number of hydrogen-bond donors (Lipinski definition) is 0. The van der Waals surface area contributed by atoms with Gasteiger partial charge in [0.1, 0.15) is 5.75 Å². The van der Waals surface area contributed by atoms with E-state index >= 15 is 0 Å². The molecule has 24 heavy (non-hydrogen) atoms. The summed E-state index contributed by atoms with van der Waals surface area (Å²) in [6.07, 6.45) is 0.900. The van der Waals surface area contributed by atoms with Gasteiger partial charge >= 0.3 is 0 Å². The largest absolute Gasteiger partial charge is 0.493 e. The Hall–Kier alpha value is -2.49. The number of benzene rings is 2. The average Bonchev–Trinajstić information content (AvgIpc) is 3.09. The highest BCUT2D eigenvalue weighted by Crippen LogP contribution is 2.26. The molecule has 2 heterocycles. The Morgan fingerprint density at radius 2 is 1.88 bits per heavy atom. The van der Waals surface area contributed by atoms with Crippen molar-refractivity contribution in [3.8, 4) is 5.75 Å². The maximum atomic E-state index is 12.8. The summed E-state index contributed by atoms with van der Waals surface area (Å²) < 4.78 is 5.52. The summed E-state index contributed by atoms with van der Waals surface area (Å²) in [4.78, 5) is 17.1. The maximum Gasteiger partial charge on any atom is 0.253 e. The van der Waals surface area contributed by atoms with Gasteiger partial charge in [-0.2, -0.15) is 0 Å². The zero-order valence-corrected chi connectivity index (χ0v) is 14.0. The number of aryl methyl sites for hydroxylation is 1. The van der Waals surface area contributed by atoms with E-state index in [-0.39, 0.29) is 5.91 Å². The van der Waals surface area contributed by atoms with Crippen molar-refractivity contribution in [2.75, 3.05) is 37.7 Å². The van der Waals surface area contributed by atoms with Gasteiger partial charge in [0.25, 0.3) is 5.91 Å². The van der Waals surface area contributed by atoms with Gasteiger partial charge in [0.2, 0.25) is 0 Å². The lowest BCUT2D eigenvalue weighted by Crippen LogP contribution is -2.48. The van der Waals surface area contributed by atoms with E-state index in [4.69, 9.17) is 4.74 Å². The number of ether oxygens (including phenoxy) is 1. The lowest BCUT2D eigenvalue weighted by molar-refractivity contribution is 0.0746. The molecule has 4 rings (SSSR count). The van der Waals surface area contributed by atoms with Gasteiger partial charge in [0.05, 0.1) is 6.61 Å². The van der Waals surface area contributed by atoms with E-state index in [1.54, 1.807) is 0 Å². The van der Waals surface area contributed by atoms with Crippen molar-refractivity contribution in [1.29, 1.82) is 0 Å². The highest BCUT2D eigenvalue weighted by Gasteiger charge is 2.23. The lowest BCUT2D eigenvalue weighted by Gasteiger charge is -2.36. The number of nitrogens with zero attached hydrogens (tertiary/aromatic N) is 2. The zero-order valence-electron chi connectivity index (χ0n) is 14.0. The molecule has 1 saturated heterocycles. The van der Waals surface area contributed by atoms with Gasteiger partial charge in [-0.1, -0.05) is 12.1 Å². The van der Waals surface area contributed by atoms with Gasteiger partial charge in [-0.3, -0.25) is 4.79 Å². The van der Waals surface area contributed by atoms with Crippen LogP contribution in [0.5, 0.6) is 5.75 Å². The first-order valence-corrected chi connectivity index (χ1v) is 8.57. The van der Waals surface area contributed by atoms with Gasteiger partial charge in [0.15, 0.2) is 0 Å². The van der Waals surface area contributed by atoms with E-state index in [9.17, 15) is 4.79 Å². The number of hydrogen-bond acceptors (Lipinski definition) is 3. The molecule has 1 fully saturated rings. The molecule has 0 aliphatic carbocycles. The fraction of sp³-hybridized carbons (Fsp3) is 0.350. The van der Waals surface area contributed by atoms with Crippen molar-refractivity contribution >= 4 is 11.6 Å². The van der Waals surface area contributed by atoms with Crippen LogP contribution in [0.4, 0.5) is 5.69 Å². The van der Waals surface area contributed by atoms with Gasteiger partial charge in [-0.15, -0.1) is 0 Å². The molecule has 0 radical (unpaired) electrons. The third kappa shape index (κ3) is 2.84. The zero-order chi connectivity index (χ0) is 16.5. The molecule has 4 nitrogen and oxygen atoms in total. The number of carbonyl (C=O) groups is 1. The first-order valence-electron chi connectivity index (χ1n) is 8.57. The summed E-state index contributed by atoms with van der Waals surface area (Å²) in [5.41, 5.74) is 4.45. The highest BCUT2D eigenvalue weighted by molar-refractivity contribution is 5.94. The quantitative estimate of drug-likeness (QED) is 0.852. The van der Waals surface area contributed by atoms with E-state index in [2.05, 4.69) is 36.1 Å². The van der Waals surface area contributed by atoms with Crippen LogP contribution in [0.25, 0.3) is 0 Å². The molecule has 0 spiro atoms. The number of fused-ring (bicyclic) bond motifs is 1. The Balaban J connectivity index is 1.43. The van der Waals surface area contributed by atoms with Crippen LogP contribution in [0.15, 0.2) is 42.5 Å². The predicted octanol–water partition coefficient (Wildman–Crippen LogP) is 2.89. The van der Waals surface area contributed by atoms with Crippen LogP contribution in [0.1, 0.15) is 21.5 Å². The Labute approximate surface area is 142 Å². The SMILES string of the molecule is Cc1cccc(N2CCN(C(=O)c3ccc4c(c3)CCO4)CC2)c1. The van der Waals surface area contributed by atoms with Gasteiger partial charge in [0, 0.05) is 43.9 Å². The summed E-state index contributed by atoms with van der Waals surface area (Å²) in [7, 11) is 0. The Bertz CT molecular complexity index is 764. The van der Waals surface area contributed by atoms with E-state index in [1.807, 2.05) is 23.1 Å². The second-order valence-corrected chi connectivity index (χ2v) is 6.54. The minimum Gasteiger partial charge on any atom is -0.493 e. The molecule has 2 aromatic carbocycles. The van der Waals surface area contributed by atoms with Crippen molar-refractivity contribution in [1.82, 2.24) is 4.90 Å². The van der Waals surface area contributed by atoms with Crippen LogP contribution in [0.2, 0.25) is 0 Å². The van der Waals surface area contributed by atoms with Crippen LogP contribution >= 0.6 is 0 Å². The second-order valence-electron chi connectivity index (χ2n) is 6.54. The van der Waals surface area contributed by atoms with Crippen molar-refractivity contribution in [2.45, 2.75) is 13.3 Å². The van der Waals surface area contributed by atoms with Gasteiger partial charge in [-0.25, -0.2) is 0 Å². The number of amides is 1. The fourth-order valence-corrected chi connectivity index (χ4v) is 3.49. The minimum atomic E-state index is 0.133. The molecule has 0 unspecified atom stereocenters. The maximum absolute atomic E-state index is 12.8. The number of carbonyl (C=O) groups excluding carboxylic acids is 1. The standard InChI is InChI=1S/C20H22N2O2/c1-15-3-2-4-18(13-15)21-8-10-22(11-9-21)20(23)17-5-6-19-16(14-17)7-12-24-19/h2-6,13-14H,7-12H2,1H3. The molecule has 0 bridgehead atoms. The Kier molecular flexibility index (Phi) is 3.89. The summed E-state index contributed by atoms with van der Waals surface area (Å²) in [5, 5.41) is 0. The molecule has 0 atom stereocenters. The van der Waals surface area contributed by atoms with Crippen LogP contribution in [-0.4, -0.2) is 43.6 Å². The third-order valence-corrected chi connectivity index (χ3v) is 4.87. The van der Waals surface area contributed by atoms with Gasteiger partial charge in [-0.05, 0) is 48.4 Å². The lowest BCUT2D eigenvalue weighted by atomic mass is 10.1. The van der Waals surface area contributed by atoms with Crippen LogP contribution in [-0.2, 0) is 6.42 Å². The molecular formula is C20H22N2O2. The number of piperazine rings is 1. The molecule has 0 saturated carbocycles. The normalized spacial score (nSPS) is 16.7. The average molecular weight is 322 g/mol. The number of rotatable bonds is 2. The van der Waals surface area contributed by atoms with E-state index in [0.29, 0.717) is 0 Å². The Morgan fingerprint density at radius 1 is 1.04 bits per heavy atom. The van der Waals surface area contributed by atoms with Crippen molar-refractivity contribution in [2.24, 2.45) is 0 Å². The molecule has 0 aromatic heterocycles. The van der Waals surface area contributed by atoms with Crippen molar-refractivity contribution in [3.63, 3.8) is 0 Å². The van der Waals surface area contributed by atoms with Crippen LogP contribution < -0.4 is 9.64 Å². The van der Waals surface area contributed by atoms with Crippen molar-refractivity contribution < 1.29 is 9.53 Å². The summed E-state index contributed by atoms with van der Waals surface area (Å²) in [6, 6.07) is 14.4. The monoisotopic (exact) mass is 322 g/mol. The van der Waals surface area contributed by atoms with E-state index < -0.39 is 0 Å². The molecule has 2 aliphatic rings.